The molecule has 98 valence electrons. The summed E-state index contributed by atoms with van der Waals surface area (Å²) < 4.78 is 55.6. The second-order valence-electron chi connectivity index (χ2n) is 3.70. The van der Waals surface area contributed by atoms with Crippen LogP contribution in [0.25, 0.3) is 0 Å². The van der Waals surface area contributed by atoms with E-state index < -0.39 is 29.9 Å². The standard InChI is InChI=1S/C11H10F4N2O/c1-6(17)10(11(13,14)15)18-9-3-2-7(5-16)4-8(9)12/h2-4,6,10H,17H2,1H3. The summed E-state index contributed by atoms with van der Waals surface area (Å²) in [5.41, 5.74) is 5.15. The normalized spacial score (nSPS) is 14.7. The van der Waals surface area contributed by atoms with Crippen molar-refractivity contribution in [3.63, 3.8) is 0 Å². The number of hydrogen-bond acceptors (Lipinski definition) is 3. The van der Waals surface area contributed by atoms with Crippen LogP contribution >= 0.6 is 0 Å². The first-order chi connectivity index (χ1) is 8.25. The van der Waals surface area contributed by atoms with E-state index in [0.29, 0.717) is 0 Å². The van der Waals surface area contributed by atoms with Crippen molar-refractivity contribution >= 4 is 0 Å². The Labute approximate surface area is 101 Å². The molecular formula is C11H10F4N2O. The molecule has 0 saturated carbocycles. The minimum atomic E-state index is -4.70. The van der Waals surface area contributed by atoms with Crippen molar-refractivity contribution in [2.24, 2.45) is 5.73 Å². The Balaban J connectivity index is 2.99. The summed E-state index contributed by atoms with van der Waals surface area (Å²) in [5, 5.41) is 8.49. The summed E-state index contributed by atoms with van der Waals surface area (Å²) >= 11 is 0. The monoisotopic (exact) mass is 262 g/mol. The zero-order valence-corrected chi connectivity index (χ0v) is 9.33. The van der Waals surface area contributed by atoms with Crippen molar-refractivity contribution < 1.29 is 22.3 Å². The molecule has 1 aromatic carbocycles. The molecule has 0 aromatic heterocycles. The molecule has 1 rings (SSSR count). The number of nitrogens with two attached hydrogens (primary N) is 1. The summed E-state index contributed by atoms with van der Waals surface area (Å²) in [6.45, 7) is 1.11. The molecule has 2 N–H and O–H groups in total. The zero-order valence-electron chi connectivity index (χ0n) is 9.33. The van der Waals surface area contributed by atoms with E-state index in [-0.39, 0.29) is 5.56 Å². The van der Waals surface area contributed by atoms with Crippen molar-refractivity contribution in [3.05, 3.63) is 29.6 Å². The van der Waals surface area contributed by atoms with E-state index in [4.69, 9.17) is 11.0 Å². The van der Waals surface area contributed by atoms with Crippen LogP contribution in [0.15, 0.2) is 18.2 Å². The number of nitriles is 1. The third-order valence-corrected chi connectivity index (χ3v) is 2.12. The van der Waals surface area contributed by atoms with E-state index >= 15 is 0 Å². The quantitative estimate of drug-likeness (QED) is 0.850. The summed E-state index contributed by atoms with van der Waals surface area (Å²) in [5.74, 6) is -1.63. The smallest absolute Gasteiger partial charge is 0.426 e. The maximum atomic E-state index is 13.4. The Bertz CT molecular complexity index is 465. The fraction of sp³-hybridized carbons (Fsp3) is 0.364. The van der Waals surface area contributed by atoms with Crippen LogP contribution in [0.1, 0.15) is 12.5 Å². The van der Waals surface area contributed by atoms with Gasteiger partial charge in [0, 0.05) is 6.04 Å². The van der Waals surface area contributed by atoms with Crippen molar-refractivity contribution in [1.29, 1.82) is 5.26 Å². The van der Waals surface area contributed by atoms with Crippen LogP contribution in [0.5, 0.6) is 5.75 Å². The average molecular weight is 262 g/mol. The second-order valence-corrected chi connectivity index (χ2v) is 3.70. The fourth-order valence-electron chi connectivity index (χ4n) is 1.27. The molecule has 0 saturated heterocycles. The zero-order chi connectivity index (χ0) is 13.9. The predicted molar refractivity (Wildman–Crippen MR) is 55.2 cm³/mol. The van der Waals surface area contributed by atoms with Crippen LogP contribution in [0.4, 0.5) is 17.6 Å². The third kappa shape index (κ3) is 3.34. The maximum absolute atomic E-state index is 13.4. The molecular weight excluding hydrogens is 252 g/mol. The van der Waals surface area contributed by atoms with Gasteiger partial charge in [-0.1, -0.05) is 0 Å². The van der Waals surface area contributed by atoms with Crippen LogP contribution in [0.2, 0.25) is 0 Å². The largest absolute Gasteiger partial charge is 0.476 e. The summed E-state index contributed by atoms with van der Waals surface area (Å²) in [4.78, 5) is 0. The molecule has 0 fully saturated rings. The van der Waals surface area contributed by atoms with Crippen LogP contribution in [-0.2, 0) is 0 Å². The van der Waals surface area contributed by atoms with Crippen LogP contribution in [0.3, 0.4) is 0 Å². The Morgan fingerprint density at radius 3 is 2.39 bits per heavy atom. The molecule has 2 atom stereocenters. The molecule has 3 nitrogen and oxygen atoms in total. The molecule has 0 spiro atoms. The highest BCUT2D eigenvalue weighted by atomic mass is 19.4. The highest BCUT2D eigenvalue weighted by Gasteiger charge is 2.44. The topological polar surface area (TPSA) is 59.0 Å². The van der Waals surface area contributed by atoms with Gasteiger partial charge in [0.2, 0.25) is 6.10 Å². The number of nitrogens with zero attached hydrogens (tertiary/aromatic N) is 1. The van der Waals surface area contributed by atoms with Gasteiger partial charge in [0.1, 0.15) is 0 Å². The lowest BCUT2D eigenvalue weighted by molar-refractivity contribution is -0.199. The molecule has 2 unspecified atom stereocenters. The molecule has 0 aliphatic carbocycles. The number of ether oxygens (including phenoxy) is 1. The lowest BCUT2D eigenvalue weighted by Gasteiger charge is -2.24. The van der Waals surface area contributed by atoms with Crippen LogP contribution in [0, 0.1) is 17.1 Å². The fourth-order valence-corrected chi connectivity index (χ4v) is 1.27. The molecule has 18 heavy (non-hydrogen) atoms. The minimum Gasteiger partial charge on any atom is -0.476 e. The van der Waals surface area contributed by atoms with Crippen molar-refractivity contribution in [2.45, 2.75) is 25.2 Å². The molecule has 0 bridgehead atoms. The van der Waals surface area contributed by atoms with E-state index in [0.717, 1.165) is 25.1 Å². The van der Waals surface area contributed by atoms with Crippen LogP contribution < -0.4 is 10.5 Å². The van der Waals surface area contributed by atoms with Gasteiger partial charge in [-0.15, -0.1) is 0 Å². The molecule has 0 heterocycles. The highest BCUT2D eigenvalue weighted by molar-refractivity contribution is 5.36. The van der Waals surface area contributed by atoms with Gasteiger partial charge in [-0.05, 0) is 25.1 Å². The number of halogens is 4. The van der Waals surface area contributed by atoms with Crippen molar-refractivity contribution in [3.8, 4) is 11.8 Å². The Kier molecular flexibility index (Phi) is 4.14. The number of alkyl halides is 3. The summed E-state index contributed by atoms with van der Waals surface area (Å²) in [6.07, 6.45) is -7.01. The first kappa shape index (κ1) is 14.3. The Morgan fingerprint density at radius 1 is 1.39 bits per heavy atom. The summed E-state index contributed by atoms with van der Waals surface area (Å²) in [7, 11) is 0. The SMILES string of the molecule is CC(N)C(Oc1ccc(C#N)cc1F)C(F)(F)F. The maximum Gasteiger partial charge on any atom is 0.426 e. The van der Waals surface area contributed by atoms with Gasteiger partial charge in [0.05, 0.1) is 11.6 Å². The highest BCUT2D eigenvalue weighted by Crippen LogP contribution is 2.28. The van der Waals surface area contributed by atoms with Gasteiger partial charge < -0.3 is 10.5 Å². The number of rotatable bonds is 3. The Morgan fingerprint density at radius 2 is 2.00 bits per heavy atom. The second kappa shape index (κ2) is 5.23. The van der Waals surface area contributed by atoms with Gasteiger partial charge in [-0.2, -0.15) is 18.4 Å². The van der Waals surface area contributed by atoms with Gasteiger partial charge in [-0.3, -0.25) is 0 Å². The lowest BCUT2D eigenvalue weighted by atomic mass is 10.2. The van der Waals surface area contributed by atoms with Crippen molar-refractivity contribution in [2.75, 3.05) is 0 Å². The molecule has 7 heteroatoms. The van der Waals surface area contributed by atoms with Crippen LogP contribution in [-0.4, -0.2) is 18.3 Å². The van der Waals surface area contributed by atoms with Gasteiger partial charge in [-0.25, -0.2) is 4.39 Å². The van der Waals surface area contributed by atoms with E-state index in [1.54, 1.807) is 6.07 Å². The Hall–Kier alpha value is -1.81. The average Bonchev–Trinajstić information content (AvgIpc) is 2.24. The molecule has 0 amide bonds. The van der Waals surface area contributed by atoms with E-state index in [2.05, 4.69) is 4.74 Å². The van der Waals surface area contributed by atoms with E-state index in [1.807, 2.05) is 0 Å². The third-order valence-electron chi connectivity index (χ3n) is 2.12. The van der Waals surface area contributed by atoms with E-state index in [1.165, 1.54) is 0 Å². The minimum absolute atomic E-state index is 0.00999. The van der Waals surface area contributed by atoms with Crippen molar-refractivity contribution in [1.82, 2.24) is 0 Å². The number of hydrogen-bond donors (Lipinski definition) is 1. The lowest BCUT2D eigenvalue weighted by Crippen LogP contribution is -2.47. The van der Waals surface area contributed by atoms with Gasteiger partial charge in [0.25, 0.3) is 0 Å². The van der Waals surface area contributed by atoms with Gasteiger partial charge in [0.15, 0.2) is 11.6 Å². The first-order valence-electron chi connectivity index (χ1n) is 4.94. The number of benzene rings is 1. The molecule has 0 aliphatic rings. The first-order valence-corrected chi connectivity index (χ1v) is 4.94. The predicted octanol–water partition coefficient (Wildman–Crippen LogP) is 2.35. The summed E-state index contributed by atoms with van der Waals surface area (Å²) in [6, 6.07) is 3.23. The van der Waals surface area contributed by atoms with E-state index in [9.17, 15) is 17.6 Å². The molecule has 0 radical (unpaired) electrons. The molecule has 1 aromatic rings. The van der Waals surface area contributed by atoms with Gasteiger partial charge >= 0.3 is 6.18 Å². The molecule has 0 aliphatic heterocycles.